The third-order valence-corrected chi connectivity index (χ3v) is 6.79. The monoisotopic (exact) mass is 409 g/mol. The van der Waals surface area contributed by atoms with Gasteiger partial charge < -0.3 is 14.7 Å². The van der Waals surface area contributed by atoms with E-state index in [2.05, 4.69) is 71.9 Å². The topological polar surface area (TPSA) is 42.3 Å². The van der Waals surface area contributed by atoms with Crippen LogP contribution in [0.15, 0.2) is 48.1 Å². The van der Waals surface area contributed by atoms with Crippen molar-refractivity contribution in [2.75, 3.05) is 0 Å². The molecule has 1 heterocycles. The summed E-state index contributed by atoms with van der Waals surface area (Å²) in [6.45, 7) is 20.8. The van der Waals surface area contributed by atoms with E-state index < -0.39 is 5.31 Å². The summed E-state index contributed by atoms with van der Waals surface area (Å²) in [5.41, 5.74) is 3.50. The number of hydrogen-bond acceptors (Lipinski definition) is 3. The fourth-order valence-corrected chi connectivity index (χ4v) is 4.03. The molecule has 0 amide bonds. The minimum atomic E-state index is -0.410. The van der Waals surface area contributed by atoms with Crippen LogP contribution in [-0.4, -0.2) is 24.0 Å². The van der Waals surface area contributed by atoms with Gasteiger partial charge in [0.15, 0.2) is 0 Å². The second-order valence-electron chi connectivity index (χ2n) is 9.43. The summed E-state index contributed by atoms with van der Waals surface area (Å²) in [5, 5.41) is 8.20. The van der Waals surface area contributed by atoms with Crippen molar-refractivity contribution in [3.63, 3.8) is 0 Å². The Hall–Kier alpha value is -1.65. The van der Waals surface area contributed by atoms with Crippen molar-refractivity contribution in [1.82, 2.24) is 0 Å². The minimum Gasteiger partial charge on any atom is -0.402 e. The van der Waals surface area contributed by atoms with Crippen molar-refractivity contribution in [1.29, 1.82) is 5.41 Å². The molecule has 30 heavy (non-hydrogen) atoms. The Bertz CT molecular complexity index is 838. The van der Waals surface area contributed by atoms with Crippen LogP contribution in [0.5, 0.6) is 0 Å². The Morgan fingerprint density at radius 2 is 1.40 bits per heavy atom. The summed E-state index contributed by atoms with van der Waals surface area (Å²) in [4.78, 5) is 0. The molecular weight excluding hydrogens is 369 g/mol. The average Bonchev–Trinajstić information content (AvgIpc) is 3.29. The van der Waals surface area contributed by atoms with Crippen LogP contribution in [0.4, 0.5) is 0 Å². The van der Waals surface area contributed by atoms with Crippen LogP contribution in [0.3, 0.4) is 0 Å². The Kier molecular flexibility index (Phi) is 6.95. The molecule has 1 aliphatic heterocycles. The Balaban J connectivity index is 0.000000757. The first-order valence-electron chi connectivity index (χ1n) is 11.4. The van der Waals surface area contributed by atoms with Gasteiger partial charge in [0.05, 0.1) is 16.9 Å². The van der Waals surface area contributed by atoms with Crippen molar-refractivity contribution in [3.8, 4) is 0 Å². The largest absolute Gasteiger partial charge is 0.472 e. The van der Waals surface area contributed by atoms with E-state index in [0.717, 1.165) is 12.0 Å². The summed E-state index contributed by atoms with van der Waals surface area (Å²) < 4.78 is 12.7. The maximum absolute atomic E-state index is 8.61. The highest BCUT2D eigenvalue weighted by molar-refractivity contribution is 6.51. The third-order valence-electron chi connectivity index (χ3n) is 6.79. The van der Waals surface area contributed by atoms with Crippen molar-refractivity contribution in [3.05, 3.63) is 59.2 Å². The van der Waals surface area contributed by atoms with Gasteiger partial charge in [-0.1, -0.05) is 83.5 Å². The average molecular weight is 409 g/mol. The molecule has 2 fully saturated rings. The first-order chi connectivity index (χ1) is 14.0. The number of fused-ring (bicyclic) bond motifs is 3. The van der Waals surface area contributed by atoms with Crippen LogP contribution >= 0.6 is 0 Å². The number of nitrogens with one attached hydrogen (secondary N) is 1. The van der Waals surface area contributed by atoms with E-state index >= 15 is 0 Å². The van der Waals surface area contributed by atoms with E-state index in [1.165, 1.54) is 11.1 Å². The van der Waals surface area contributed by atoms with E-state index in [1.54, 1.807) is 0 Å². The van der Waals surface area contributed by atoms with Gasteiger partial charge in [-0.3, -0.25) is 0 Å². The molecule has 2 aliphatic carbocycles. The number of allylic oxidation sites excluding steroid dienone is 4. The smallest absolute Gasteiger partial charge is 0.402 e. The fourth-order valence-electron chi connectivity index (χ4n) is 4.03. The second kappa shape index (κ2) is 8.47. The molecule has 2 unspecified atom stereocenters. The van der Waals surface area contributed by atoms with Gasteiger partial charge in [0, 0.05) is 16.3 Å². The molecule has 3 nitrogen and oxygen atoms in total. The zero-order valence-corrected chi connectivity index (χ0v) is 20.6. The summed E-state index contributed by atoms with van der Waals surface area (Å²) in [6, 6.07) is 8.31. The highest BCUT2D eigenvalue weighted by atomic mass is 16.7. The van der Waals surface area contributed by atoms with Crippen molar-refractivity contribution < 1.29 is 9.31 Å². The van der Waals surface area contributed by atoms with E-state index in [0.29, 0.717) is 5.71 Å². The number of hydrogen-bond donors (Lipinski definition) is 1. The van der Waals surface area contributed by atoms with Crippen LogP contribution in [-0.2, 0) is 14.7 Å². The third kappa shape index (κ3) is 4.09. The second-order valence-corrected chi connectivity index (χ2v) is 9.43. The van der Waals surface area contributed by atoms with Crippen molar-refractivity contribution >= 4 is 12.8 Å². The van der Waals surface area contributed by atoms with Gasteiger partial charge in [0.1, 0.15) is 0 Å². The Labute approximate surface area is 184 Å². The van der Waals surface area contributed by atoms with Gasteiger partial charge in [-0.25, -0.2) is 0 Å². The quantitative estimate of drug-likeness (QED) is 0.396. The highest BCUT2D eigenvalue weighted by Gasteiger charge is 2.58. The number of benzene rings is 1. The molecule has 1 saturated carbocycles. The summed E-state index contributed by atoms with van der Waals surface area (Å²) >= 11 is 0. The Morgan fingerprint density at radius 1 is 0.867 bits per heavy atom. The van der Waals surface area contributed by atoms with Gasteiger partial charge in [-0.15, -0.1) is 0 Å². The maximum Gasteiger partial charge on any atom is 0.472 e. The van der Waals surface area contributed by atoms with Crippen molar-refractivity contribution in [2.45, 2.75) is 97.6 Å². The van der Waals surface area contributed by atoms with E-state index in [1.807, 2.05) is 39.8 Å². The zero-order valence-electron chi connectivity index (χ0n) is 20.6. The maximum atomic E-state index is 8.61. The molecule has 164 valence electrons. The van der Waals surface area contributed by atoms with Crippen LogP contribution in [0.1, 0.15) is 86.8 Å². The molecule has 0 radical (unpaired) electrons. The summed E-state index contributed by atoms with van der Waals surface area (Å²) in [6.07, 6.45) is 7.35. The first-order valence-corrected chi connectivity index (χ1v) is 11.4. The first kappa shape index (κ1) is 24.6. The standard InChI is InChI=1S/C22H28BNO2.2C2H6/c1-19(2)20(3,4)26-23(25-19)21(5)12-11-18(24)16-9-7-8-10-17(16)22(6)14-15(22)13-21;2*1-2/h7-13,24H,14H2,1-6H3;2*1-2H3/b12-11-,15-13+,24-18?;;. The molecule has 0 aromatic heterocycles. The SMILES string of the molecule is CC.CC.CC1(B2OC(C)(C)C(C)(C)O2)/C=C\C(=N)c2ccccc2C2(C)C/C2=C\1. The Morgan fingerprint density at radius 3 is 1.97 bits per heavy atom. The van der Waals surface area contributed by atoms with Gasteiger partial charge >= 0.3 is 7.12 Å². The van der Waals surface area contributed by atoms with Gasteiger partial charge in [0.2, 0.25) is 0 Å². The van der Waals surface area contributed by atoms with Crippen molar-refractivity contribution in [2.24, 2.45) is 0 Å². The van der Waals surface area contributed by atoms with Crippen LogP contribution in [0, 0.1) is 5.41 Å². The zero-order chi connectivity index (χ0) is 23.0. The minimum absolute atomic E-state index is 0.0137. The molecule has 0 bridgehead atoms. The molecule has 2 atom stereocenters. The molecule has 4 rings (SSSR count). The molecule has 1 N–H and O–H groups in total. The van der Waals surface area contributed by atoms with Crippen LogP contribution in [0.25, 0.3) is 0 Å². The molecule has 1 aromatic carbocycles. The van der Waals surface area contributed by atoms with E-state index in [-0.39, 0.29) is 23.7 Å². The lowest BCUT2D eigenvalue weighted by atomic mass is 9.58. The molecular formula is C26H40BNO2. The molecule has 1 saturated heterocycles. The lowest BCUT2D eigenvalue weighted by Gasteiger charge is -2.32. The van der Waals surface area contributed by atoms with E-state index in [9.17, 15) is 0 Å². The number of rotatable bonds is 1. The lowest BCUT2D eigenvalue weighted by Crippen LogP contribution is -2.41. The van der Waals surface area contributed by atoms with Crippen LogP contribution < -0.4 is 0 Å². The highest BCUT2D eigenvalue weighted by Crippen LogP contribution is 2.58. The molecule has 1 aromatic rings. The normalized spacial score (nSPS) is 32.9. The molecule has 0 spiro atoms. The van der Waals surface area contributed by atoms with Gasteiger partial charge in [-0.2, -0.15) is 0 Å². The van der Waals surface area contributed by atoms with Gasteiger partial charge in [-0.05, 0) is 45.8 Å². The molecule has 4 heteroatoms. The van der Waals surface area contributed by atoms with E-state index in [4.69, 9.17) is 14.7 Å². The predicted molar refractivity (Wildman–Crippen MR) is 130 cm³/mol. The predicted octanol–water partition coefficient (Wildman–Crippen LogP) is 7.12. The summed E-state index contributed by atoms with van der Waals surface area (Å²) in [5.74, 6) is 0. The lowest BCUT2D eigenvalue weighted by molar-refractivity contribution is 0.00578. The van der Waals surface area contributed by atoms with Crippen LogP contribution in [0.2, 0.25) is 5.31 Å². The summed E-state index contributed by atoms with van der Waals surface area (Å²) in [7, 11) is -0.366. The molecule has 3 aliphatic rings. The van der Waals surface area contributed by atoms with Gasteiger partial charge in [0.25, 0.3) is 0 Å². The fraction of sp³-hybridized carbons (Fsp3) is 0.577.